The first-order chi connectivity index (χ1) is 15.3. The highest BCUT2D eigenvalue weighted by Crippen LogP contribution is 2.48. The fourth-order valence-corrected chi connectivity index (χ4v) is 3.18. The molecule has 0 fully saturated rings. The van der Waals surface area contributed by atoms with Gasteiger partial charge in [0.2, 0.25) is 11.4 Å². The lowest BCUT2D eigenvalue weighted by Gasteiger charge is -2.38. The van der Waals surface area contributed by atoms with Crippen LogP contribution < -0.4 is 0 Å². The summed E-state index contributed by atoms with van der Waals surface area (Å²) in [7, 11) is 0. The van der Waals surface area contributed by atoms with Gasteiger partial charge in [0.15, 0.2) is 23.3 Å². The van der Waals surface area contributed by atoms with Crippen LogP contribution in [0.2, 0.25) is 0 Å². The summed E-state index contributed by atoms with van der Waals surface area (Å²) >= 11 is 0. The van der Waals surface area contributed by atoms with Crippen LogP contribution in [0.4, 0.5) is 35.1 Å². The maximum absolute atomic E-state index is 14.5. The summed E-state index contributed by atoms with van der Waals surface area (Å²) in [6.45, 7) is 0. The number of alkyl halides is 3. The minimum Gasteiger partial charge on any atom is -0.480 e. The van der Waals surface area contributed by atoms with E-state index in [0.29, 0.717) is 0 Å². The average molecular weight is 506 g/mol. The first kappa shape index (κ1) is 26.2. The smallest absolute Gasteiger partial charge is 0.480 e. The Balaban J connectivity index is 3.23. The number of carboxylic acids is 4. The zero-order chi connectivity index (χ0) is 26.5. The second-order valence-corrected chi connectivity index (χ2v) is 6.37. The van der Waals surface area contributed by atoms with E-state index in [4.69, 9.17) is 0 Å². The third-order valence-corrected chi connectivity index (χ3v) is 4.53. The molecule has 0 spiro atoms. The van der Waals surface area contributed by atoms with E-state index in [1.807, 2.05) is 0 Å². The van der Waals surface area contributed by atoms with Gasteiger partial charge in [-0.15, -0.1) is 13.2 Å². The van der Waals surface area contributed by atoms with Crippen LogP contribution in [-0.2, 0) is 29.3 Å². The van der Waals surface area contributed by atoms with E-state index in [-0.39, 0.29) is 0 Å². The standard InChI is InChI=1S/C17H6F8O9/c18-6-5(7(19)9(21)10(22)8(6)20)15(13(30)31)1-4(12(28)29)16(14(32)33,34-17(23,24)25)2-3(15)11(26)27/h1-2H,(H,26,27)(H,28,29)(H,30,31)(H,32,33). The second-order valence-electron chi connectivity index (χ2n) is 6.37. The van der Waals surface area contributed by atoms with E-state index < -0.39 is 99.2 Å². The molecule has 4 N–H and O–H groups in total. The molecule has 0 amide bonds. The number of hydrogen-bond acceptors (Lipinski definition) is 5. The van der Waals surface area contributed by atoms with Crippen LogP contribution >= 0.6 is 0 Å². The largest absolute Gasteiger partial charge is 0.524 e. The van der Waals surface area contributed by atoms with Gasteiger partial charge in [0.05, 0.1) is 16.7 Å². The van der Waals surface area contributed by atoms with Crippen LogP contribution in [0.3, 0.4) is 0 Å². The quantitative estimate of drug-likeness (QED) is 0.258. The molecule has 9 nitrogen and oxygen atoms in total. The Morgan fingerprint density at radius 1 is 0.676 bits per heavy atom. The number of aliphatic carboxylic acids is 4. The summed E-state index contributed by atoms with van der Waals surface area (Å²) in [5.74, 6) is -25.7. The van der Waals surface area contributed by atoms with Crippen molar-refractivity contribution in [2.75, 3.05) is 0 Å². The van der Waals surface area contributed by atoms with Gasteiger partial charge < -0.3 is 20.4 Å². The molecule has 34 heavy (non-hydrogen) atoms. The van der Waals surface area contributed by atoms with Gasteiger partial charge in [-0.2, -0.15) is 0 Å². The molecular weight excluding hydrogens is 500 g/mol. The molecule has 0 saturated carbocycles. The molecule has 1 aromatic rings. The third-order valence-electron chi connectivity index (χ3n) is 4.53. The van der Waals surface area contributed by atoms with Crippen LogP contribution in [0, 0.1) is 29.1 Å². The van der Waals surface area contributed by atoms with Crippen molar-refractivity contribution in [3.8, 4) is 0 Å². The Labute approximate surface area is 179 Å². The summed E-state index contributed by atoms with van der Waals surface area (Å²) < 4.78 is 112. The molecule has 0 radical (unpaired) electrons. The number of hydrogen-bond donors (Lipinski definition) is 4. The van der Waals surface area contributed by atoms with E-state index in [1.54, 1.807) is 0 Å². The number of carbonyl (C=O) groups is 4. The van der Waals surface area contributed by atoms with E-state index in [0.717, 1.165) is 0 Å². The number of carboxylic acid groups (broad SMARTS) is 4. The molecule has 1 aromatic carbocycles. The predicted molar refractivity (Wildman–Crippen MR) is 84.5 cm³/mol. The van der Waals surface area contributed by atoms with Crippen LogP contribution in [0.15, 0.2) is 23.3 Å². The van der Waals surface area contributed by atoms with Crippen LogP contribution in [0.1, 0.15) is 5.56 Å². The molecule has 184 valence electrons. The van der Waals surface area contributed by atoms with Crippen LogP contribution in [0.5, 0.6) is 0 Å². The molecule has 2 atom stereocenters. The molecular formula is C17H6F8O9. The zero-order valence-electron chi connectivity index (χ0n) is 15.5. The lowest BCUT2D eigenvalue weighted by molar-refractivity contribution is -0.348. The molecule has 0 bridgehead atoms. The topological polar surface area (TPSA) is 158 Å². The molecule has 2 rings (SSSR count). The summed E-state index contributed by atoms with van der Waals surface area (Å²) in [5.41, 5.74) is -15.7. The van der Waals surface area contributed by atoms with Crippen molar-refractivity contribution < 1.29 is 79.5 Å². The van der Waals surface area contributed by atoms with Crippen molar-refractivity contribution in [1.82, 2.24) is 0 Å². The highest BCUT2D eigenvalue weighted by atomic mass is 19.4. The van der Waals surface area contributed by atoms with Crippen LogP contribution in [-0.4, -0.2) is 56.3 Å². The van der Waals surface area contributed by atoms with E-state index in [9.17, 15) is 74.7 Å². The van der Waals surface area contributed by atoms with E-state index in [2.05, 4.69) is 4.74 Å². The molecule has 1 aliphatic carbocycles. The second kappa shape index (κ2) is 8.08. The lowest BCUT2D eigenvalue weighted by Crippen LogP contribution is -2.54. The van der Waals surface area contributed by atoms with Crippen molar-refractivity contribution in [1.29, 1.82) is 0 Å². The van der Waals surface area contributed by atoms with E-state index in [1.165, 1.54) is 0 Å². The summed E-state index contributed by atoms with van der Waals surface area (Å²) in [6, 6.07) is 0. The number of rotatable bonds is 6. The van der Waals surface area contributed by atoms with Crippen molar-refractivity contribution in [3.05, 3.63) is 57.9 Å². The first-order valence-corrected chi connectivity index (χ1v) is 8.04. The maximum atomic E-state index is 14.5. The Hall–Kier alpha value is -4.02. The number of ether oxygens (including phenoxy) is 1. The van der Waals surface area contributed by atoms with Crippen molar-refractivity contribution in [2.45, 2.75) is 17.4 Å². The van der Waals surface area contributed by atoms with E-state index >= 15 is 0 Å². The van der Waals surface area contributed by atoms with Gasteiger partial charge in [0, 0.05) is 0 Å². The van der Waals surface area contributed by atoms with Gasteiger partial charge in [0.25, 0.3) is 0 Å². The lowest BCUT2D eigenvalue weighted by atomic mass is 9.65. The maximum Gasteiger partial charge on any atom is 0.524 e. The molecule has 0 aliphatic heterocycles. The third kappa shape index (κ3) is 3.72. The average Bonchev–Trinajstić information content (AvgIpc) is 2.69. The first-order valence-electron chi connectivity index (χ1n) is 8.04. The van der Waals surface area contributed by atoms with Gasteiger partial charge in [-0.25, -0.2) is 36.3 Å². The minimum absolute atomic E-state index is 0.723. The summed E-state index contributed by atoms with van der Waals surface area (Å²) in [5, 5.41) is 37.4. The molecule has 0 heterocycles. The van der Waals surface area contributed by atoms with Crippen molar-refractivity contribution >= 4 is 23.9 Å². The van der Waals surface area contributed by atoms with Gasteiger partial charge >= 0.3 is 30.2 Å². The minimum atomic E-state index is -6.04. The molecule has 17 heteroatoms. The molecule has 0 aromatic heterocycles. The van der Waals surface area contributed by atoms with Gasteiger partial charge in [-0.1, -0.05) is 0 Å². The predicted octanol–water partition coefficient (Wildman–Crippen LogP) is 2.10. The highest BCUT2D eigenvalue weighted by Gasteiger charge is 2.62. The van der Waals surface area contributed by atoms with Gasteiger partial charge in [0.1, 0.15) is 5.41 Å². The number of halogens is 8. The zero-order valence-corrected chi connectivity index (χ0v) is 15.5. The van der Waals surface area contributed by atoms with Crippen molar-refractivity contribution in [2.24, 2.45) is 0 Å². The number of benzene rings is 1. The Kier molecular flexibility index (Phi) is 6.24. The summed E-state index contributed by atoms with van der Waals surface area (Å²) in [4.78, 5) is 46.9. The SMILES string of the molecule is O=C(O)C1=CC(C(=O)O)(c2c(F)c(F)c(F)c(F)c2F)C(C(=O)O)=CC1(OC(F)(F)F)C(=O)O. The Morgan fingerprint density at radius 3 is 1.41 bits per heavy atom. The molecule has 0 saturated heterocycles. The van der Waals surface area contributed by atoms with Crippen LogP contribution in [0.25, 0.3) is 0 Å². The Bertz CT molecular complexity index is 1170. The summed E-state index contributed by atoms with van der Waals surface area (Å²) in [6.07, 6.45) is -7.54. The van der Waals surface area contributed by atoms with Gasteiger partial charge in [-0.3, -0.25) is 9.53 Å². The highest BCUT2D eigenvalue weighted by molar-refractivity contribution is 6.10. The Morgan fingerprint density at radius 2 is 1.09 bits per heavy atom. The van der Waals surface area contributed by atoms with Crippen molar-refractivity contribution in [3.63, 3.8) is 0 Å². The fraction of sp³-hybridized carbons (Fsp3) is 0.176. The molecule has 1 aliphatic rings. The van der Waals surface area contributed by atoms with Gasteiger partial charge in [-0.05, 0) is 12.2 Å². The normalized spacial score (nSPS) is 22.6. The monoisotopic (exact) mass is 506 g/mol. The molecule has 2 unspecified atom stereocenters. The fourth-order valence-electron chi connectivity index (χ4n) is 3.18.